The zero-order valence-electron chi connectivity index (χ0n) is 13.6. The average molecular weight is 326 g/mol. The lowest BCUT2D eigenvalue weighted by Gasteiger charge is -2.25. The van der Waals surface area contributed by atoms with E-state index in [4.69, 9.17) is 0 Å². The number of carbonyl (C=O) groups excluding carboxylic acids is 1. The van der Waals surface area contributed by atoms with E-state index < -0.39 is 0 Å². The first kappa shape index (κ1) is 16.0. The van der Waals surface area contributed by atoms with Crippen LogP contribution in [0.25, 0.3) is 5.57 Å². The number of thiophene rings is 1. The Morgan fingerprint density at radius 1 is 1.30 bits per heavy atom. The molecule has 0 radical (unpaired) electrons. The summed E-state index contributed by atoms with van der Waals surface area (Å²) in [7, 11) is 0. The maximum atomic E-state index is 12.2. The monoisotopic (exact) mass is 326 g/mol. The normalized spacial score (nSPS) is 15.3. The van der Waals surface area contributed by atoms with Gasteiger partial charge in [-0.2, -0.15) is 0 Å². The van der Waals surface area contributed by atoms with Crippen molar-refractivity contribution in [2.24, 2.45) is 0 Å². The largest absolute Gasteiger partial charge is 0.325 e. The predicted octanol–water partition coefficient (Wildman–Crippen LogP) is 4.09. The first-order valence-corrected chi connectivity index (χ1v) is 8.82. The predicted molar refractivity (Wildman–Crippen MR) is 97.9 cm³/mol. The van der Waals surface area contributed by atoms with Gasteiger partial charge in [0.1, 0.15) is 0 Å². The zero-order valence-corrected chi connectivity index (χ0v) is 14.5. The van der Waals surface area contributed by atoms with Crippen molar-refractivity contribution in [1.82, 2.24) is 4.90 Å². The number of rotatable bonds is 4. The van der Waals surface area contributed by atoms with Gasteiger partial charge in [0.25, 0.3) is 0 Å². The van der Waals surface area contributed by atoms with Gasteiger partial charge in [0.2, 0.25) is 5.91 Å². The van der Waals surface area contributed by atoms with E-state index in [0.29, 0.717) is 6.54 Å². The van der Waals surface area contributed by atoms with Crippen LogP contribution in [0.2, 0.25) is 0 Å². The third-order valence-corrected chi connectivity index (χ3v) is 5.21. The molecule has 1 N–H and O–H groups in total. The standard InChI is InChI=1S/C19H22N2OS/c1-14-4-3-5-17(12-14)20-18(22)13-21-9-6-16(7-10-21)19-15(2)8-11-23-19/h3-6,8,11-12H,7,9-10,13H2,1-2H3,(H,20,22). The quantitative estimate of drug-likeness (QED) is 0.918. The van der Waals surface area contributed by atoms with Crippen LogP contribution >= 0.6 is 11.3 Å². The van der Waals surface area contributed by atoms with Crippen LogP contribution in [0.15, 0.2) is 41.8 Å². The number of benzene rings is 1. The summed E-state index contributed by atoms with van der Waals surface area (Å²) in [6, 6.07) is 10.1. The van der Waals surface area contributed by atoms with Gasteiger partial charge >= 0.3 is 0 Å². The van der Waals surface area contributed by atoms with Crippen molar-refractivity contribution in [1.29, 1.82) is 0 Å². The summed E-state index contributed by atoms with van der Waals surface area (Å²) in [6.07, 6.45) is 3.28. The van der Waals surface area contributed by atoms with E-state index >= 15 is 0 Å². The second kappa shape index (κ2) is 7.11. The third kappa shape index (κ3) is 4.09. The summed E-state index contributed by atoms with van der Waals surface area (Å²) < 4.78 is 0. The summed E-state index contributed by atoms with van der Waals surface area (Å²) in [6.45, 7) is 6.41. The lowest BCUT2D eigenvalue weighted by molar-refractivity contribution is -0.117. The highest BCUT2D eigenvalue weighted by atomic mass is 32.1. The second-order valence-electron chi connectivity index (χ2n) is 6.06. The van der Waals surface area contributed by atoms with Gasteiger partial charge < -0.3 is 5.32 Å². The maximum Gasteiger partial charge on any atom is 0.238 e. The molecule has 4 heteroatoms. The molecule has 0 fully saturated rings. The van der Waals surface area contributed by atoms with E-state index in [0.717, 1.165) is 30.8 Å². The van der Waals surface area contributed by atoms with Crippen molar-refractivity contribution in [3.63, 3.8) is 0 Å². The Morgan fingerprint density at radius 3 is 2.83 bits per heavy atom. The number of amides is 1. The lowest BCUT2D eigenvalue weighted by atomic mass is 10.0. The van der Waals surface area contributed by atoms with Crippen LogP contribution in [0.1, 0.15) is 22.4 Å². The molecule has 1 aliphatic heterocycles. The minimum Gasteiger partial charge on any atom is -0.325 e. The van der Waals surface area contributed by atoms with Crippen LogP contribution in [0.4, 0.5) is 5.69 Å². The van der Waals surface area contributed by atoms with Gasteiger partial charge in [0.15, 0.2) is 0 Å². The number of hydrogen-bond donors (Lipinski definition) is 1. The molecule has 1 aliphatic rings. The molecule has 3 rings (SSSR count). The molecule has 0 bridgehead atoms. The summed E-state index contributed by atoms with van der Waals surface area (Å²) in [5.41, 5.74) is 4.80. The molecule has 0 aliphatic carbocycles. The highest BCUT2D eigenvalue weighted by Crippen LogP contribution is 2.29. The van der Waals surface area contributed by atoms with Gasteiger partial charge in [-0.15, -0.1) is 11.3 Å². The Balaban J connectivity index is 1.55. The number of nitrogens with zero attached hydrogens (tertiary/aromatic N) is 1. The Morgan fingerprint density at radius 2 is 2.17 bits per heavy atom. The van der Waals surface area contributed by atoms with Gasteiger partial charge in [-0.3, -0.25) is 9.69 Å². The van der Waals surface area contributed by atoms with E-state index in [1.165, 1.54) is 16.0 Å². The van der Waals surface area contributed by atoms with Crippen molar-refractivity contribution in [2.75, 3.05) is 25.0 Å². The minimum atomic E-state index is 0.0553. The van der Waals surface area contributed by atoms with Crippen molar-refractivity contribution in [3.05, 3.63) is 57.8 Å². The topological polar surface area (TPSA) is 32.3 Å². The lowest BCUT2D eigenvalue weighted by Crippen LogP contribution is -2.36. The molecule has 1 aromatic heterocycles. The van der Waals surface area contributed by atoms with Gasteiger partial charge in [0, 0.05) is 23.7 Å². The molecule has 0 saturated heterocycles. The zero-order chi connectivity index (χ0) is 16.2. The Bertz CT molecular complexity index is 732. The molecule has 0 spiro atoms. The van der Waals surface area contributed by atoms with Crippen LogP contribution in [-0.4, -0.2) is 30.4 Å². The third-order valence-electron chi connectivity index (χ3n) is 4.12. The molecular formula is C19H22N2OS. The fourth-order valence-corrected chi connectivity index (χ4v) is 3.89. The van der Waals surface area contributed by atoms with Gasteiger partial charge in [0.05, 0.1) is 6.54 Å². The first-order chi connectivity index (χ1) is 11.1. The fraction of sp³-hybridized carbons (Fsp3) is 0.316. The molecule has 2 heterocycles. The van der Waals surface area contributed by atoms with Crippen molar-refractivity contribution in [3.8, 4) is 0 Å². The van der Waals surface area contributed by atoms with Crippen molar-refractivity contribution in [2.45, 2.75) is 20.3 Å². The Hall–Kier alpha value is -1.91. The molecule has 120 valence electrons. The highest BCUT2D eigenvalue weighted by molar-refractivity contribution is 7.11. The van der Waals surface area contributed by atoms with Crippen LogP contribution < -0.4 is 5.32 Å². The van der Waals surface area contributed by atoms with Crippen molar-refractivity contribution < 1.29 is 4.79 Å². The second-order valence-corrected chi connectivity index (χ2v) is 6.98. The van der Waals surface area contributed by atoms with Crippen LogP contribution in [0, 0.1) is 13.8 Å². The van der Waals surface area contributed by atoms with Crippen LogP contribution in [0.3, 0.4) is 0 Å². The number of nitrogens with one attached hydrogen (secondary N) is 1. The fourth-order valence-electron chi connectivity index (χ4n) is 2.89. The molecule has 0 saturated carbocycles. The minimum absolute atomic E-state index is 0.0553. The summed E-state index contributed by atoms with van der Waals surface area (Å²) >= 11 is 1.81. The molecule has 2 aromatic rings. The number of hydrogen-bond acceptors (Lipinski definition) is 3. The summed E-state index contributed by atoms with van der Waals surface area (Å²) in [5.74, 6) is 0.0553. The highest BCUT2D eigenvalue weighted by Gasteiger charge is 2.17. The molecular weight excluding hydrogens is 304 g/mol. The van der Waals surface area contributed by atoms with Crippen molar-refractivity contribution >= 4 is 28.5 Å². The maximum absolute atomic E-state index is 12.2. The number of aryl methyl sites for hydroxylation is 2. The van der Waals surface area contributed by atoms with Crippen LogP contribution in [0.5, 0.6) is 0 Å². The molecule has 0 atom stereocenters. The average Bonchev–Trinajstić information content (AvgIpc) is 2.94. The van der Waals surface area contributed by atoms with E-state index in [9.17, 15) is 4.79 Å². The van der Waals surface area contributed by atoms with Gasteiger partial charge in [-0.05, 0) is 60.5 Å². The van der Waals surface area contributed by atoms with E-state index in [1.807, 2.05) is 42.5 Å². The summed E-state index contributed by atoms with van der Waals surface area (Å²) in [5, 5.41) is 5.12. The summed E-state index contributed by atoms with van der Waals surface area (Å²) in [4.78, 5) is 15.8. The number of anilines is 1. The van der Waals surface area contributed by atoms with Gasteiger partial charge in [-0.25, -0.2) is 0 Å². The molecule has 0 unspecified atom stereocenters. The van der Waals surface area contributed by atoms with E-state index in [2.05, 4.69) is 34.7 Å². The SMILES string of the molecule is Cc1cccc(NC(=O)CN2CC=C(c3sccc3C)CC2)c1. The van der Waals surface area contributed by atoms with Crippen LogP contribution in [-0.2, 0) is 4.79 Å². The van der Waals surface area contributed by atoms with Gasteiger partial charge in [-0.1, -0.05) is 18.2 Å². The molecule has 23 heavy (non-hydrogen) atoms. The van der Waals surface area contributed by atoms with E-state index in [-0.39, 0.29) is 5.91 Å². The van der Waals surface area contributed by atoms with E-state index in [1.54, 1.807) is 0 Å². The molecule has 1 amide bonds. The Labute approximate surface area is 141 Å². The smallest absolute Gasteiger partial charge is 0.238 e. The molecule has 3 nitrogen and oxygen atoms in total. The Kier molecular flexibility index (Phi) is 4.94. The molecule has 1 aromatic carbocycles. The first-order valence-electron chi connectivity index (χ1n) is 7.94. The number of carbonyl (C=O) groups is 1.